The maximum absolute atomic E-state index is 13.3. The third-order valence-corrected chi connectivity index (χ3v) is 5.99. The fourth-order valence-electron chi connectivity index (χ4n) is 4.70. The molecule has 1 atom stereocenters. The molecule has 0 bridgehead atoms. The Morgan fingerprint density at radius 2 is 1.73 bits per heavy atom. The molecular formula is C22H27N3O. The molecule has 4 nitrogen and oxygen atoms in total. The average molecular weight is 349 g/mol. The van der Waals surface area contributed by atoms with E-state index in [2.05, 4.69) is 34.1 Å². The second-order valence-electron chi connectivity index (χ2n) is 7.52. The highest BCUT2D eigenvalue weighted by Crippen LogP contribution is 2.42. The van der Waals surface area contributed by atoms with Gasteiger partial charge in [0.15, 0.2) is 5.78 Å². The van der Waals surface area contributed by atoms with Gasteiger partial charge in [0.2, 0.25) is 0 Å². The van der Waals surface area contributed by atoms with Gasteiger partial charge in [-0.2, -0.15) is 0 Å². The summed E-state index contributed by atoms with van der Waals surface area (Å²) < 4.78 is 0. The molecule has 1 saturated heterocycles. The summed E-state index contributed by atoms with van der Waals surface area (Å²) in [6, 6.07) is 16.4. The summed E-state index contributed by atoms with van der Waals surface area (Å²) in [6.45, 7) is 5.40. The van der Waals surface area contributed by atoms with Gasteiger partial charge in [-0.15, -0.1) is 0 Å². The van der Waals surface area contributed by atoms with Gasteiger partial charge in [-0.25, -0.2) is 0 Å². The van der Waals surface area contributed by atoms with Gasteiger partial charge in [0.05, 0.1) is 11.4 Å². The fraction of sp³-hybridized carbons (Fsp3) is 0.409. The Balaban J connectivity index is 1.89. The number of carbonyl (C=O) groups is 1. The first kappa shape index (κ1) is 17.1. The minimum absolute atomic E-state index is 0.194. The molecule has 136 valence electrons. The molecule has 2 heterocycles. The third-order valence-electron chi connectivity index (χ3n) is 5.99. The first-order chi connectivity index (χ1) is 12.6. The predicted molar refractivity (Wildman–Crippen MR) is 106 cm³/mol. The van der Waals surface area contributed by atoms with Crippen LogP contribution in [0.4, 0.5) is 11.4 Å². The molecule has 1 fully saturated rings. The van der Waals surface area contributed by atoms with E-state index in [-0.39, 0.29) is 5.78 Å². The summed E-state index contributed by atoms with van der Waals surface area (Å²) in [6.07, 6.45) is 3.35. The van der Waals surface area contributed by atoms with Crippen LogP contribution in [0.3, 0.4) is 0 Å². The van der Waals surface area contributed by atoms with E-state index in [0.29, 0.717) is 0 Å². The van der Waals surface area contributed by atoms with Crippen molar-refractivity contribution < 1.29 is 4.79 Å². The Morgan fingerprint density at radius 1 is 1.04 bits per heavy atom. The topological polar surface area (TPSA) is 49.6 Å². The minimum atomic E-state index is -0.672. The number of para-hydroxylation sites is 2. The lowest BCUT2D eigenvalue weighted by atomic mass is 9.77. The number of ketones is 1. The lowest BCUT2D eigenvalue weighted by molar-refractivity contribution is -0.123. The second kappa shape index (κ2) is 6.76. The van der Waals surface area contributed by atoms with Crippen molar-refractivity contribution in [3.8, 4) is 0 Å². The highest BCUT2D eigenvalue weighted by atomic mass is 16.1. The van der Waals surface area contributed by atoms with Crippen molar-refractivity contribution in [2.24, 2.45) is 0 Å². The van der Waals surface area contributed by atoms with E-state index in [4.69, 9.17) is 5.73 Å². The molecule has 2 aliphatic rings. The smallest absolute Gasteiger partial charge is 0.161 e. The van der Waals surface area contributed by atoms with E-state index in [0.717, 1.165) is 49.5 Å². The Bertz CT molecular complexity index is 813. The number of rotatable bonds is 4. The van der Waals surface area contributed by atoms with Crippen LogP contribution in [0, 0.1) is 0 Å². The monoisotopic (exact) mass is 349 g/mol. The van der Waals surface area contributed by atoms with E-state index in [9.17, 15) is 4.79 Å². The van der Waals surface area contributed by atoms with Crippen LogP contribution in [0.5, 0.6) is 0 Å². The number of anilines is 2. The lowest BCUT2D eigenvalue weighted by Gasteiger charge is -2.50. The van der Waals surface area contributed by atoms with Crippen molar-refractivity contribution >= 4 is 17.2 Å². The Labute approximate surface area is 155 Å². The maximum Gasteiger partial charge on any atom is 0.161 e. The van der Waals surface area contributed by atoms with Crippen LogP contribution >= 0.6 is 0 Å². The first-order valence-corrected chi connectivity index (χ1v) is 9.57. The summed E-state index contributed by atoms with van der Waals surface area (Å²) >= 11 is 0. The van der Waals surface area contributed by atoms with Crippen molar-refractivity contribution in [3.63, 3.8) is 0 Å². The highest BCUT2D eigenvalue weighted by molar-refractivity contribution is 5.94. The number of nitrogen functional groups attached to an aromatic ring is 1. The molecule has 2 aromatic rings. The molecule has 4 rings (SSSR count). The molecule has 4 heteroatoms. The molecule has 0 aromatic heterocycles. The summed E-state index contributed by atoms with van der Waals surface area (Å²) in [7, 11) is 0. The number of fused-ring (bicyclic) bond motifs is 1. The average Bonchev–Trinajstić information content (AvgIpc) is 3.15. The van der Waals surface area contributed by atoms with Crippen molar-refractivity contribution in [1.82, 2.24) is 4.90 Å². The normalized spacial score (nSPS) is 23.0. The van der Waals surface area contributed by atoms with Crippen molar-refractivity contribution in [2.75, 3.05) is 36.8 Å². The van der Waals surface area contributed by atoms with Crippen LogP contribution in [0.15, 0.2) is 48.5 Å². The zero-order chi connectivity index (χ0) is 18.1. The molecule has 26 heavy (non-hydrogen) atoms. The molecule has 0 saturated carbocycles. The number of benzene rings is 2. The molecule has 2 aromatic carbocycles. The minimum Gasteiger partial charge on any atom is -0.397 e. The molecule has 0 amide bonds. The number of carbonyl (C=O) groups excluding carboxylic acids is 1. The van der Waals surface area contributed by atoms with E-state index in [1.807, 2.05) is 24.3 Å². The van der Waals surface area contributed by atoms with Crippen LogP contribution < -0.4 is 10.6 Å². The summed E-state index contributed by atoms with van der Waals surface area (Å²) in [5.41, 5.74) is 9.80. The van der Waals surface area contributed by atoms with Gasteiger partial charge in [-0.05, 0) is 62.5 Å². The van der Waals surface area contributed by atoms with Gasteiger partial charge >= 0.3 is 0 Å². The van der Waals surface area contributed by atoms with Gasteiger partial charge in [0.25, 0.3) is 0 Å². The molecule has 0 spiro atoms. The number of Topliss-reactive ketones (excluding diaryl/α,β-unsaturated/α-hetero) is 1. The van der Waals surface area contributed by atoms with E-state index >= 15 is 0 Å². The van der Waals surface area contributed by atoms with Gasteiger partial charge in [0.1, 0.15) is 5.54 Å². The summed E-state index contributed by atoms with van der Waals surface area (Å²) in [5, 5.41) is 0. The number of hydrogen-bond acceptors (Lipinski definition) is 4. The van der Waals surface area contributed by atoms with Gasteiger partial charge in [-0.1, -0.05) is 36.4 Å². The summed E-state index contributed by atoms with van der Waals surface area (Å²) in [5.74, 6) is 0.194. The first-order valence-electron chi connectivity index (χ1n) is 9.57. The van der Waals surface area contributed by atoms with Gasteiger partial charge in [0, 0.05) is 13.1 Å². The predicted octanol–water partition coefficient (Wildman–Crippen LogP) is 3.21. The number of hydrogen-bond donors (Lipinski definition) is 1. The molecule has 0 radical (unpaired) electrons. The quantitative estimate of drug-likeness (QED) is 0.861. The van der Waals surface area contributed by atoms with Crippen LogP contribution in [-0.4, -0.2) is 36.9 Å². The fourth-order valence-corrected chi connectivity index (χ4v) is 4.70. The summed E-state index contributed by atoms with van der Waals surface area (Å²) in [4.78, 5) is 18.0. The highest BCUT2D eigenvalue weighted by Gasteiger charge is 2.48. The van der Waals surface area contributed by atoms with Crippen molar-refractivity contribution in [2.45, 2.75) is 31.7 Å². The van der Waals surface area contributed by atoms with Crippen molar-refractivity contribution in [3.05, 3.63) is 59.7 Å². The Kier molecular flexibility index (Phi) is 4.45. The molecule has 1 unspecified atom stereocenters. The van der Waals surface area contributed by atoms with Gasteiger partial charge in [-0.3, -0.25) is 4.79 Å². The zero-order valence-corrected chi connectivity index (χ0v) is 15.4. The van der Waals surface area contributed by atoms with E-state index < -0.39 is 5.54 Å². The standard InChI is InChI=1S/C22H27N3O/c1-17(26)22(16-24-13-6-7-14-24)19-9-3-2-8-18(19)12-15-25(22)21-11-5-4-10-20(21)23/h2-5,8-11H,6-7,12-16,23H2,1H3. The number of nitrogens with two attached hydrogens (primary N) is 1. The van der Waals surface area contributed by atoms with Crippen LogP contribution in [0.2, 0.25) is 0 Å². The largest absolute Gasteiger partial charge is 0.397 e. The van der Waals surface area contributed by atoms with Crippen molar-refractivity contribution in [1.29, 1.82) is 0 Å². The van der Waals surface area contributed by atoms with E-state index in [1.54, 1.807) is 6.92 Å². The number of likely N-dealkylation sites (tertiary alicyclic amines) is 1. The molecule has 2 N–H and O–H groups in total. The molecule has 0 aliphatic carbocycles. The van der Waals surface area contributed by atoms with Gasteiger partial charge < -0.3 is 15.5 Å². The second-order valence-corrected chi connectivity index (χ2v) is 7.52. The Hall–Kier alpha value is -2.33. The SMILES string of the molecule is CC(=O)C1(CN2CCCC2)c2ccccc2CCN1c1ccccc1N. The van der Waals surface area contributed by atoms with Crippen LogP contribution in [0.25, 0.3) is 0 Å². The zero-order valence-electron chi connectivity index (χ0n) is 15.4. The number of nitrogens with zero attached hydrogens (tertiary/aromatic N) is 2. The molecule has 2 aliphatic heterocycles. The van der Waals surface area contributed by atoms with E-state index in [1.165, 1.54) is 18.4 Å². The third kappa shape index (κ3) is 2.69. The lowest BCUT2D eigenvalue weighted by Crippen LogP contribution is -2.60. The maximum atomic E-state index is 13.3. The van der Waals surface area contributed by atoms with Crippen LogP contribution in [0.1, 0.15) is 30.9 Å². The Morgan fingerprint density at radius 3 is 2.46 bits per heavy atom. The van der Waals surface area contributed by atoms with Crippen LogP contribution in [-0.2, 0) is 16.8 Å². The molecular weight excluding hydrogens is 322 g/mol.